The third-order valence-corrected chi connectivity index (χ3v) is 2.84. The van der Waals surface area contributed by atoms with Gasteiger partial charge >= 0.3 is 0 Å². The van der Waals surface area contributed by atoms with Crippen LogP contribution in [0.1, 0.15) is 13.8 Å². The lowest BCUT2D eigenvalue weighted by Gasteiger charge is -2.16. The highest BCUT2D eigenvalue weighted by atomic mass is 35.5. The van der Waals surface area contributed by atoms with Crippen LogP contribution in [0.3, 0.4) is 0 Å². The number of non-ortho nitro benzene ring substituents is 1. The Morgan fingerprint density at radius 3 is 2.40 bits per heavy atom. The maximum atomic E-state index is 10.6. The minimum absolute atomic E-state index is 0.0328. The van der Waals surface area contributed by atoms with Crippen LogP contribution in [0.4, 0.5) is 5.69 Å². The van der Waals surface area contributed by atoms with Gasteiger partial charge in [0.1, 0.15) is 12.6 Å². The van der Waals surface area contributed by atoms with Crippen molar-refractivity contribution in [2.75, 3.05) is 6.61 Å². The van der Waals surface area contributed by atoms with Crippen molar-refractivity contribution in [3.63, 3.8) is 0 Å². The molecule has 6 nitrogen and oxygen atoms in total. The fraction of sp³-hybridized carbons (Fsp3) is 0.417. The predicted molar refractivity (Wildman–Crippen MR) is 76.3 cm³/mol. The van der Waals surface area contributed by atoms with E-state index in [4.69, 9.17) is 33.2 Å². The number of ether oxygens (including phenoxy) is 1. The van der Waals surface area contributed by atoms with Crippen LogP contribution in [-0.2, 0) is 0 Å². The van der Waals surface area contributed by atoms with Crippen molar-refractivity contribution in [1.82, 2.24) is 5.32 Å². The van der Waals surface area contributed by atoms with Crippen molar-refractivity contribution in [2.45, 2.75) is 25.9 Å². The normalized spacial score (nSPS) is 12.0. The summed E-state index contributed by atoms with van der Waals surface area (Å²) in [6.45, 7) is 3.83. The van der Waals surface area contributed by atoms with Gasteiger partial charge in [-0.3, -0.25) is 15.4 Å². The van der Waals surface area contributed by atoms with E-state index in [-0.39, 0.29) is 34.1 Å². The average molecular weight is 318 g/mol. The Morgan fingerprint density at radius 2 is 2.00 bits per heavy atom. The van der Waals surface area contributed by atoms with E-state index < -0.39 is 11.0 Å². The Kier molecular flexibility index (Phi) is 6.02. The number of hydrogen-bond donors (Lipinski definition) is 1. The second-order valence-corrected chi connectivity index (χ2v) is 5.12. The molecule has 0 saturated heterocycles. The molecule has 0 saturated carbocycles. The molecule has 108 valence electrons. The van der Waals surface area contributed by atoms with Gasteiger partial charge in [-0.1, -0.05) is 23.2 Å². The van der Waals surface area contributed by atoms with Crippen LogP contribution in [0.2, 0.25) is 10.0 Å². The van der Waals surface area contributed by atoms with E-state index in [2.05, 4.69) is 5.32 Å². The van der Waals surface area contributed by atoms with Crippen LogP contribution in [0.15, 0.2) is 12.1 Å². The fourth-order valence-electron chi connectivity index (χ4n) is 1.48. The molecule has 0 fully saturated rings. The van der Waals surface area contributed by atoms with Gasteiger partial charge in [0.2, 0.25) is 0 Å². The largest absolute Gasteiger partial charge is 0.488 e. The molecule has 0 aliphatic carbocycles. The highest BCUT2D eigenvalue weighted by Gasteiger charge is 2.17. The Labute approximate surface area is 126 Å². The number of nitrogens with one attached hydrogen (secondary N) is 1. The number of halogens is 2. The monoisotopic (exact) mass is 317 g/mol. The van der Waals surface area contributed by atoms with Crippen LogP contribution in [0, 0.1) is 21.4 Å². The van der Waals surface area contributed by atoms with Gasteiger partial charge in [0.05, 0.1) is 21.0 Å². The van der Waals surface area contributed by atoms with Crippen LogP contribution in [0.25, 0.3) is 0 Å². The molecule has 0 bridgehead atoms. The Bertz CT molecular complexity index is 520. The first-order chi connectivity index (χ1) is 9.35. The van der Waals surface area contributed by atoms with Gasteiger partial charge in [-0.2, -0.15) is 5.26 Å². The van der Waals surface area contributed by atoms with Gasteiger partial charge in [0, 0.05) is 18.2 Å². The molecule has 0 aliphatic heterocycles. The summed E-state index contributed by atoms with van der Waals surface area (Å²) in [7, 11) is 0. The second kappa shape index (κ2) is 7.29. The van der Waals surface area contributed by atoms with E-state index in [0.29, 0.717) is 0 Å². The van der Waals surface area contributed by atoms with Crippen molar-refractivity contribution in [3.8, 4) is 11.8 Å². The van der Waals surface area contributed by atoms with E-state index in [1.165, 1.54) is 0 Å². The molecular formula is C12H13Cl2N3O3. The zero-order chi connectivity index (χ0) is 15.3. The smallest absolute Gasteiger partial charge is 0.272 e. The summed E-state index contributed by atoms with van der Waals surface area (Å²) in [5.74, 6) is 0.129. The third-order valence-electron chi connectivity index (χ3n) is 2.28. The zero-order valence-electron chi connectivity index (χ0n) is 10.9. The maximum absolute atomic E-state index is 10.6. The lowest BCUT2D eigenvalue weighted by molar-refractivity contribution is -0.384. The van der Waals surface area contributed by atoms with Crippen LogP contribution < -0.4 is 10.1 Å². The Morgan fingerprint density at radius 1 is 1.45 bits per heavy atom. The van der Waals surface area contributed by atoms with E-state index in [1.54, 1.807) is 0 Å². The Balaban J connectivity index is 2.83. The Hall–Kier alpha value is -1.55. The molecular weight excluding hydrogens is 305 g/mol. The molecule has 0 aromatic heterocycles. The number of nitro benzene ring substituents is 1. The summed E-state index contributed by atoms with van der Waals surface area (Å²) >= 11 is 11.8. The summed E-state index contributed by atoms with van der Waals surface area (Å²) in [6, 6.07) is 3.93. The maximum Gasteiger partial charge on any atom is 0.272 e. The molecule has 0 aliphatic rings. The van der Waals surface area contributed by atoms with Gasteiger partial charge in [0.15, 0.2) is 5.75 Å². The summed E-state index contributed by atoms with van der Waals surface area (Å²) in [4.78, 5) is 10.0. The highest BCUT2D eigenvalue weighted by molar-refractivity contribution is 6.37. The topological polar surface area (TPSA) is 88.2 Å². The number of hydrogen-bond acceptors (Lipinski definition) is 5. The molecule has 1 N–H and O–H groups in total. The minimum Gasteiger partial charge on any atom is -0.488 e. The molecule has 8 heteroatoms. The van der Waals surface area contributed by atoms with E-state index >= 15 is 0 Å². The SMILES string of the molecule is CC(C)NC(C#N)COc1c(Cl)cc([N+](=O)[O-])cc1Cl. The fourth-order valence-corrected chi connectivity index (χ4v) is 2.07. The first kappa shape index (κ1) is 16.5. The molecule has 0 amide bonds. The van der Waals surface area contributed by atoms with Crippen molar-refractivity contribution < 1.29 is 9.66 Å². The van der Waals surface area contributed by atoms with Gasteiger partial charge < -0.3 is 4.74 Å². The van der Waals surface area contributed by atoms with Gasteiger partial charge in [-0.05, 0) is 13.8 Å². The molecule has 1 aromatic rings. The minimum atomic E-state index is -0.597. The van der Waals surface area contributed by atoms with Crippen LogP contribution in [0.5, 0.6) is 5.75 Å². The standard InChI is InChI=1S/C12H13Cl2N3O3/c1-7(2)16-8(5-15)6-20-12-10(13)3-9(17(18)19)4-11(12)14/h3-4,7-8,16H,6H2,1-2H3. The number of benzene rings is 1. The van der Waals surface area contributed by atoms with E-state index in [1.807, 2.05) is 19.9 Å². The third kappa shape index (κ3) is 4.53. The van der Waals surface area contributed by atoms with Crippen molar-refractivity contribution in [2.24, 2.45) is 0 Å². The van der Waals surface area contributed by atoms with Gasteiger partial charge in [0.25, 0.3) is 5.69 Å². The summed E-state index contributed by atoms with van der Waals surface area (Å²) in [5, 5.41) is 22.7. The summed E-state index contributed by atoms with van der Waals surface area (Å²) in [6.07, 6.45) is 0. The van der Waals surface area contributed by atoms with E-state index in [0.717, 1.165) is 12.1 Å². The second-order valence-electron chi connectivity index (χ2n) is 4.31. The predicted octanol–water partition coefficient (Wildman–Crippen LogP) is 3.17. The molecule has 20 heavy (non-hydrogen) atoms. The van der Waals surface area contributed by atoms with Crippen molar-refractivity contribution in [3.05, 3.63) is 32.3 Å². The van der Waals surface area contributed by atoms with Crippen molar-refractivity contribution >= 4 is 28.9 Å². The lowest BCUT2D eigenvalue weighted by atomic mass is 10.2. The quantitative estimate of drug-likeness (QED) is 0.643. The first-order valence-electron chi connectivity index (χ1n) is 5.77. The number of nitro groups is 1. The van der Waals surface area contributed by atoms with Crippen LogP contribution in [-0.4, -0.2) is 23.6 Å². The molecule has 0 heterocycles. The average Bonchev–Trinajstić information content (AvgIpc) is 2.35. The molecule has 1 rings (SSSR count). The van der Waals surface area contributed by atoms with Gasteiger partial charge in [-0.15, -0.1) is 0 Å². The summed E-state index contributed by atoms with van der Waals surface area (Å²) in [5.41, 5.74) is -0.218. The van der Waals surface area contributed by atoms with E-state index in [9.17, 15) is 10.1 Å². The van der Waals surface area contributed by atoms with Crippen LogP contribution >= 0.6 is 23.2 Å². The molecule has 1 atom stereocenters. The molecule has 0 radical (unpaired) electrons. The molecule has 1 aromatic carbocycles. The zero-order valence-corrected chi connectivity index (χ0v) is 12.4. The van der Waals surface area contributed by atoms with Crippen molar-refractivity contribution in [1.29, 1.82) is 5.26 Å². The number of nitriles is 1. The molecule has 0 spiro atoms. The van der Waals surface area contributed by atoms with Gasteiger partial charge in [-0.25, -0.2) is 0 Å². The number of nitrogens with zero attached hydrogens (tertiary/aromatic N) is 2. The number of rotatable bonds is 6. The summed E-state index contributed by atoms with van der Waals surface area (Å²) < 4.78 is 5.38. The lowest BCUT2D eigenvalue weighted by Crippen LogP contribution is -2.38. The first-order valence-corrected chi connectivity index (χ1v) is 6.52. The molecule has 1 unspecified atom stereocenters. The highest BCUT2D eigenvalue weighted by Crippen LogP contribution is 2.36.